The molecule has 25 heavy (non-hydrogen) atoms. The number of hydrogen-bond donors (Lipinski definition) is 2. The van der Waals surface area contributed by atoms with Gasteiger partial charge in [-0.1, -0.05) is 6.58 Å². The van der Waals surface area contributed by atoms with Gasteiger partial charge in [0.25, 0.3) is 0 Å². The van der Waals surface area contributed by atoms with Gasteiger partial charge in [-0.05, 0) is 65.8 Å². The predicted molar refractivity (Wildman–Crippen MR) is 106 cm³/mol. The van der Waals surface area contributed by atoms with Crippen LogP contribution in [0.4, 0.5) is 17.5 Å². The van der Waals surface area contributed by atoms with Crippen molar-refractivity contribution in [1.29, 1.82) is 0 Å². The van der Waals surface area contributed by atoms with Gasteiger partial charge in [0.15, 0.2) is 5.82 Å². The van der Waals surface area contributed by atoms with Gasteiger partial charge in [0.2, 0.25) is 11.9 Å². The molecule has 0 spiro atoms. The van der Waals surface area contributed by atoms with Crippen LogP contribution >= 0.6 is 22.6 Å². The first-order valence-corrected chi connectivity index (χ1v) is 9.12. The van der Waals surface area contributed by atoms with Crippen LogP contribution in [0.15, 0.2) is 43.1 Å². The predicted octanol–water partition coefficient (Wildman–Crippen LogP) is 2.81. The fourth-order valence-corrected chi connectivity index (χ4v) is 3.07. The number of anilines is 3. The zero-order chi connectivity index (χ0) is 17.6. The zero-order valence-corrected chi connectivity index (χ0v) is 15.8. The van der Waals surface area contributed by atoms with Crippen molar-refractivity contribution >= 4 is 46.0 Å². The zero-order valence-electron chi connectivity index (χ0n) is 13.7. The summed E-state index contributed by atoms with van der Waals surface area (Å²) in [5.41, 5.74) is 0.937. The lowest BCUT2D eigenvalue weighted by Crippen LogP contribution is -2.44. The number of amides is 1. The van der Waals surface area contributed by atoms with Gasteiger partial charge in [-0.15, -0.1) is 5.10 Å². The second-order valence-electron chi connectivity index (χ2n) is 5.77. The molecular weight excluding hydrogens is 431 g/mol. The number of benzene rings is 1. The fourth-order valence-electron chi connectivity index (χ4n) is 2.71. The summed E-state index contributed by atoms with van der Waals surface area (Å²) in [6.45, 7) is 4.92. The molecule has 0 bridgehead atoms. The smallest absolute Gasteiger partial charge is 0.246 e. The van der Waals surface area contributed by atoms with E-state index in [-0.39, 0.29) is 11.9 Å². The summed E-state index contributed by atoms with van der Waals surface area (Å²) in [6.07, 6.45) is 4.83. The Morgan fingerprint density at radius 1 is 1.36 bits per heavy atom. The summed E-state index contributed by atoms with van der Waals surface area (Å²) in [7, 11) is 0. The molecule has 1 amide bonds. The summed E-state index contributed by atoms with van der Waals surface area (Å²) in [6, 6.07) is 8.11. The second-order valence-corrected chi connectivity index (χ2v) is 7.01. The Morgan fingerprint density at radius 2 is 2.16 bits per heavy atom. The molecule has 8 heteroatoms. The standard InChI is InChI=1S/C17H19IN6O/c1-2-16(25)24-9-3-4-14(11-24)21-17-22-15(10-19-23-17)20-13-7-5-12(18)6-8-13/h2,5-8,10,14H,1,3-4,9,11H2,(H2,20,21,22,23). The molecule has 1 unspecified atom stereocenters. The van der Waals surface area contributed by atoms with Gasteiger partial charge in [0.1, 0.15) is 0 Å². The molecule has 0 radical (unpaired) electrons. The minimum atomic E-state index is -0.0420. The summed E-state index contributed by atoms with van der Waals surface area (Å²) in [5.74, 6) is 1.03. The Bertz CT molecular complexity index is 751. The molecule has 130 valence electrons. The monoisotopic (exact) mass is 450 g/mol. The van der Waals surface area contributed by atoms with Crippen molar-refractivity contribution in [1.82, 2.24) is 20.1 Å². The van der Waals surface area contributed by atoms with Crippen LogP contribution in [0.1, 0.15) is 12.8 Å². The third kappa shape index (κ3) is 4.88. The third-order valence-corrected chi connectivity index (χ3v) is 4.64. The van der Waals surface area contributed by atoms with Gasteiger partial charge in [-0.3, -0.25) is 4.79 Å². The number of halogens is 1. The molecule has 1 aliphatic rings. The maximum Gasteiger partial charge on any atom is 0.246 e. The molecule has 7 nitrogen and oxygen atoms in total. The number of nitrogens with one attached hydrogen (secondary N) is 2. The van der Waals surface area contributed by atoms with Gasteiger partial charge in [-0.25, -0.2) is 0 Å². The number of carbonyl (C=O) groups is 1. The summed E-state index contributed by atoms with van der Waals surface area (Å²) < 4.78 is 1.17. The number of piperidine rings is 1. The third-order valence-electron chi connectivity index (χ3n) is 3.92. The molecule has 1 aliphatic heterocycles. The van der Waals surface area contributed by atoms with Crippen molar-refractivity contribution < 1.29 is 4.79 Å². The lowest BCUT2D eigenvalue weighted by atomic mass is 10.1. The van der Waals surface area contributed by atoms with Crippen LogP contribution in [-0.2, 0) is 4.79 Å². The van der Waals surface area contributed by atoms with Crippen LogP contribution in [0.5, 0.6) is 0 Å². The molecule has 3 rings (SSSR count). The molecule has 1 fully saturated rings. The first-order chi connectivity index (χ1) is 12.1. The number of aromatic nitrogens is 3. The lowest BCUT2D eigenvalue weighted by Gasteiger charge is -2.32. The average Bonchev–Trinajstić information content (AvgIpc) is 2.63. The number of hydrogen-bond acceptors (Lipinski definition) is 6. The molecule has 0 saturated carbocycles. The van der Waals surface area contributed by atoms with E-state index in [0.29, 0.717) is 18.3 Å². The highest BCUT2D eigenvalue weighted by Gasteiger charge is 2.22. The Hall–Kier alpha value is -2.23. The number of nitrogens with zero attached hydrogens (tertiary/aromatic N) is 4. The maximum atomic E-state index is 11.8. The minimum Gasteiger partial charge on any atom is -0.348 e. The van der Waals surface area contributed by atoms with Gasteiger partial charge < -0.3 is 15.5 Å². The van der Waals surface area contributed by atoms with Crippen molar-refractivity contribution in [3.63, 3.8) is 0 Å². The highest BCUT2D eigenvalue weighted by atomic mass is 127. The molecule has 1 aromatic heterocycles. The van der Waals surface area contributed by atoms with E-state index < -0.39 is 0 Å². The Morgan fingerprint density at radius 3 is 2.92 bits per heavy atom. The van der Waals surface area contributed by atoms with Gasteiger partial charge >= 0.3 is 0 Å². The number of carbonyl (C=O) groups excluding carboxylic acids is 1. The van der Waals surface area contributed by atoms with E-state index in [1.165, 1.54) is 9.65 Å². The minimum absolute atomic E-state index is 0.0420. The van der Waals surface area contributed by atoms with Crippen LogP contribution in [-0.4, -0.2) is 45.1 Å². The van der Waals surface area contributed by atoms with E-state index in [4.69, 9.17) is 0 Å². The van der Waals surface area contributed by atoms with E-state index in [1.807, 2.05) is 24.3 Å². The fraction of sp³-hybridized carbons (Fsp3) is 0.294. The van der Waals surface area contributed by atoms with Crippen molar-refractivity contribution in [3.8, 4) is 0 Å². The van der Waals surface area contributed by atoms with Crippen molar-refractivity contribution in [2.45, 2.75) is 18.9 Å². The van der Waals surface area contributed by atoms with Crippen molar-refractivity contribution in [2.75, 3.05) is 23.7 Å². The molecule has 1 aromatic carbocycles. The van der Waals surface area contributed by atoms with Crippen LogP contribution in [0.25, 0.3) is 0 Å². The Labute approximate surface area is 160 Å². The topological polar surface area (TPSA) is 83.0 Å². The van der Waals surface area contributed by atoms with Gasteiger partial charge in [-0.2, -0.15) is 10.1 Å². The number of rotatable bonds is 5. The number of likely N-dealkylation sites (tertiary alicyclic amines) is 1. The second kappa shape index (κ2) is 8.24. The summed E-state index contributed by atoms with van der Waals surface area (Å²) in [5, 5.41) is 14.5. The van der Waals surface area contributed by atoms with E-state index in [0.717, 1.165) is 25.1 Å². The highest BCUT2D eigenvalue weighted by Crippen LogP contribution is 2.18. The van der Waals surface area contributed by atoms with Gasteiger partial charge in [0, 0.05) is 28.4 Å². The largest absolute Gasteiger partial charge is 0.348 e. The lowest BCUT2D eigenvalue weighted by molar-refractivity contribution is -0.127. The van der Waals surface area contributed by atoms with Crippen LogP contribution in [0.3, 0.4) is 0 Å². The molecule has 0 aliphatic carbocycles. The quantitative estimate of drug-likeness (QED) is 0.539. The average molecular weight is 450 g/mol. The van der Waals surface area contributed by atoms with E-state index >= 15 is 0 Å². The summed E-state index contributed by atoms with van der Waals surface area (Å²) >= 11 is 2.26. The van der Waals surface area contributed by atoms with Crippen LogP contribution in [0.2, 0.25) is 0 Å². The SMILES string of the molecule is C=CC(=O)N1CCCC(Nc2nncc(Nc3ccc(I)cc3)n2)C1. The van der Waals surface area contributed by atoms with Crippen LogP contribution < -0.4 is 10.6 Å². The molecular formula is C17H19IN6O. The first kappa shape index (κ1) is 17.6. The van der Waals surface area contributed by atoms with Crippen LogP contribution in [0, 0.1) is 3.57 Å². The summed E-state index contributed by atoms with van der Waals surface area (Å²) in [4.78, 5) is 18.0. The Kier molecular flexibility index (Phi) is 5.79. The molecule has 2 aromatic rings. The van der Waals surface area contributed by atoms with E-state index in [2.05, 4.69) is 55.0 Å². The van der Waals surface area contributed by atoms with E-state index in [1.54, 1.807) is 11.1 Å². The maximum absolute atomic E-state index is 11.8. The molecule has 2 heterocycles. The molecule has 2 N–H and O–H groups in total. The molecule has 1 saturated heterocycles. The Balaban J connectivity index is 1.64. The first-order valence-electron chi connectivity index (χ1n) is 8.04. The van der Waals surface area contributed by atoms with E-state index in [9.17, 15) is 4.79 Å². The normalized spacial score (nSPS) is 17.0. The molecule has 1 atom stereocenters. The van der Waals surface area contributed by atoms with Gasteiger partial charge in [0.05, 0.1) is 6.20 Å². The van der Waals surface area contributed by atoms with Crippen molar-refractivity contribution in [2.24, 2.45) is 0 Å². The highest BCUT2D eigenvalue weighted by molar-refractivity contribution is 14.1. The van der Waals surface area contributed by atoms with Crippen molar-refractivity contribution in [3.05, 3.63) is 46.7 Å².